The third-order valence-electron chi connectivity index (χ3n) is 2.74. The van der Waals surface area contributed by atoms with Crippen LogP contribution in [0.25, 0.3) is 0 Å². The van der Waals surface area contributed by atoms with Crippen molar-refractivity contribution in [3.63, 3.8) is 0 Å². The summed E-state index contributed by atoms with van der Waals surface area (Å²) in [6.45, 7) is 0. The predicted octanol–water partition coefficient (Wildman–Crippen LogP) is 3.97. The van der Waals surface area contributed by atoms with Crippen molar-refractivity contribution >= 4 is 17.4 Å². The van der Waals surface area contributed by atoms with E-state index in [0.717, 1.165) is 0 Å². The van der Waals surface area contributed by atoms with Crippen LogP contribution in [-0.4, -0.2) is 5.78 Å². The van der Waals surface area contributed by atoms with Gasteiger partial charge in [0.15, 0.2) is 11.6 Å². The molecule has 1 unspecified atom stereocenters. The summed E-state index contributed by atoms with van der Waals surface area (Å²) >= 11 is 5.64. The highest BCUT2D eigenvalue weighted by Gasteiger charge is 2.24. The van der Waals surface area contributed by atoms with Gasteiger partial charge in [-0.1, -0.05) is 48.0 Å². The molecule has 0 heterocycles. The quantitative estimate of drug-likeness (QED) is 0.794. The van der Waals surface area contributed by atoms with Gasteiger partial charge in [0.1, 0.15) is 5.92 Å². The smallest absolute Gasteiger partial charge is 0.187 e. The first kappa shape index (κ1) is 13.3. The summed E-state index contributed by atoms with van der Waals surface area (Å²) in [5.74, 6) is -2.41. The van der Waals surface area contributed by atoms with E-state index in [2.05, 4.69) is 0 Å². The van der Waals surface area contributed by atoms with Crippen molar-refractivity contribution < 1.29 is 9.18 Å². The van der Waals surface area contributed by atoms with E-state index >= 15 is 0 Å². The number of rotatable bonds is 3. The number of hydrogen-bond donors (Lipinski definition) is 0. The van der Waals surface area contributed by atoms with Gasteiger partial charge < -0.3 is 0 Å². The van der Waals surface area contributed by atoms with E-state index in [1.807, 2.05) is 6.07 Å². The molecule has 0 fully saturated rings. The molecule has 0 amide bonds. The third kappa shape index (κ3) is 2.64. The molecule has 2 aromatic carbocycles. The largest absolute Gasteiger partial charge is 0.292 e. The second-order valence-electron chi connectivity index (χ2n) is 3.94. The lowest BCUT2D eigenvalue weighted by molar-refractivity contribution is 0.0975. The molecule has 2 nitrogen and oxygen atoms in total. The van der Waals surface area contributed by atoms with Crippen molar-refractivity contribution in [2.45, 2.75) is 5.92 Å². The topological polar surface area (TPSA) is 40.9 Å². The molecular weight excluding hydrogens is 265 g/mol. The van der Waals surface area contributed by atoms with Crippen molar-refractivity contribution in [3.05, 3.63) is 70.5 Å². The number of nitrogens with zero attached hydrogens (tertiary/aromatic N) is 1. The van der Waals surface area contributed by atoms with Crippen LogP contribution in [0.5, 0.6) is 0 Å². The standard InChI is InChI=1S/C15H9ClFNO/c16-13-8-4-7-11(14(13)17)15(19)12(9-18)10-5-2-1-3-6-10/h1-8,12H. The monoisotopic (exact) mass is 273 g/mol. The maximum Gasteiger partial charge on any atom is 0.187 e. The molecule has 0 spiro atoms. The average molecular weight is 274 g/mol. The molecule has 0 saturated carbocycles. The van der Waals surface area contributed by atoms with E-state index in [1.54, 1.807) is 30.3 Å². The summed E-state index contributed by atoms with van der Waals surface area (Å²) in [6, 6.07) is 14.6. The highest BCUT2D eigenvalue weighted by molar-refractivity contribution is 6.31. The second kappa shape index (κ2) is 5.64. The van der Waals surface area contributed by atoms with Crippen LogP contribution in [0, 0.1) is 17.1 Å². The molecular formula is C15H9ClFNO. The molecule has 0 aliphatic carbocycles. The third-order valence-corrected chi connectivity index (χ3v) is 3.03. The Bertz CT molecular complexity index is 649. The Morgan fingerprint density at radius 1 is 1.16 bits per heavy atom. The Hall–Kier alpha value is -2.18. The minimum absolute atomic E-state index is 0.129. The zero-order valence-corrected chi connectivity index (χ0v) is 10.6. The van der Waals surface area contributed by atoms with Crippen LogP contribution in [0.1, 0.15) is 21.8 Å². The molecule has 0 saturated heterocycles. The molecule has 0 bridgehead atoms. The van der Waals surface area contributed by atoms with Crippen molar-refractivity contribution in [2.75, 3.05) is 0 Å². The van der Waals surface area contributed by atoms with Gasteiger partial charge >= 0.3 is 0 Å². The number of benzene rings is 2. The summed E-state index contributed by atoms with van der Waals surface area (Å²) in [4.78, 5) is 12.2. The first-order chi connectivity index (χ1) is 9.15. The molecule has 0 N–H and O–H groups in total. The van der Waals surface area contributed by atoms with Gasteiger partial charge in [-0.15, -0.1) is 0 Å². The van der Waals surface area contributed by atoms with Crippen LogP contribution in [0.4, 0.5) is 4.39 Å². The van der Waals surface area contributed by atoms with E-state index < -0.39 is 17.5 Å². The van der Waals surface area contributed by atoms with Crippen molar-refractivity contribution in [2.24, 2.45) is 0 Å². The van der Waals surface area contributed by atoms with Crippen LogP contribution in [0.15, 0.2) is 48.5 Å². The van der Waals surface area contributed by atoms with E-state index in [9.17, 15) is 9.18 Å². The first-order valence-electron chi connectivity index (χ1n) is 5.58. The van der Waals surface area contributed by atoms with Gasteiger partial charge in [-0.25, -0.2) is 4.39 Å². The van der Waals surface area contributed by atoms with Crippen molar-refractivity contribution in [3.8, 4) is 6.07 Å². The van der Waals surface area contributed by atoms with Crippen molar-refractivity contribution in [1.82, 2.24) is 0 Å². The highest BCUT2D eigenvalue weighted by atomic mass is 35.5. The number of halogens is 2. The number of ketones is 1. The molecule has 2 aromatic rings. The van der Waals surface area contributed by atoms with Gasteiger partial charge in [0.2, 0.25) is 0 Å². The van der Waals surface area contributed by atoms with Gasteiger partial charge in [-0.3, -0.25) is 4.79 Å². The van der Waals surface area contributed by atoms with E-state index in [1.165, 1.54) is 18.2 Å². The molecule has 1 atom stereocenters. The maximum absolute atomic E-state index is 13.8. The van der Waals surface area contributed by atoms with Gasteiger partial charge in [0.25, 0.3) is 0 Å². The normalized spacial score (nSPS) is 11.6. The Labute approximate surface area is 115 Å². The maximum atomic E-state index is 13.8. The Kier molecular flexibility index (Phi) is 3.94. The summed E-state index contributed by atoms with van der Waals surface area (Å²) < 4.78 is 13.8. The Morgan fingerprint density at radius 2 is 1.84 bits per heavy atom. The number of hydrogen-bond acceptors (Lipinski definition) is 2. The molecule has 0 aromatic heterocycles. The summed E-state index contributed by atoms with van der Waals surface area (Å²) in [5, 5.41) is 9.02. The van der Waals surface area contributed by atoms with E-state index in [4.69, 9.17) is 16.9 Å². The predicted molar refractivity (Wildman–Crippen MR) is 70.5 cm³/mol. The van der Waals surface area contributed by atoms with Gasteiger partial charge in [0, 0.05) is 0 Å². The Balaban J connectivity index is 2.43. The first-order valence-corrected chi connectivity index (χ1v) is 5.95. The fourth-order valence-electron chi connectivity index (χ4n) is 1.78. The van der Waals surface area contributed by atoms with Gasteiger partial charge in [-0.2, -0.15) is 5.26 Å². The van der Waals surface area contributed by atoms with E-state index in [0.29, 0.717) is 5.56 Å². The molecule has 0 radical (unpaired) electrons. The lowest BCUT2D eigenvalue weighted by Crippen LogP contribution is -2.13. The van der Waals surface area contributed by atoms with Crippen LogP contribution >= 0.6 is 11.6 Å². The molecule has 94 valence electrons. The molecule has 0 aliphatic heterocycles. The second-order valence-corrected chi connectivity index (χ2v) is 4.35. The lowest BCUT2D eigenvalue weighted by Gasteiger charge is -2.09. The Morgan fingerprint density at radius 3 is 2.47 bits per heavy atom. The van der Waals surface area contributed by atoms with Crippen LogP contribution < -0.4 is 0 Å². The number of carbonyl (C=O) groups is 1. The molecule has 19 heavy (non-hydrogen) atoms. The molecule has 2 rings (SSSR count). The number of carbonyl (C=O) groups excluding carboxylic acids is 1. The van der Waals surface area contributed by atoms with Gasteiger partial charge in [0.05, 0.1) is 16.7 Å². The zero-order valence-electron chi connectivity index (χ0n) is 9.81. The zero-order chi connectivity index (χ0) is 13.8. The van der Waals surface area contributed by atoms with Crippen LogP contribution in [0.3, 0.4) is 0 Å². The highest BCUT2D eigenvalue weighted by Crippen LogP contribution is 2.25. The van der Waals surface area contributed by atoms with Crippen LogP contribution in [-0.2, 0) is 0 Å². The van der Waals surface area contributed by atoms with Crippen molar-refractivity contribution in [1.29, 1.82) is 5.26 Å². The fraction of sp³-hybridized carbons (Fsp3) is 0.0667. The molecule has 4 heteroatoms. The van der Waals surface area contributed by atoms with Gasteiger partial charge in [-0.05, 0) is 17.7 Å². The number of Topliss-reactive ketones (excluding diaryl/α,β-unsaturated/α-hetero) is 1. The molecule has 0 aliphatic rings. The lowest BCUT2D eigenvalue weighted by atomic mass is 9.92. The average Bonchev–Trinajstić information content (AvgIpc) is 2.44. The summed E-state index contributed by atoms with van der Waals surface area (Å²) in [7, 11) is 0. The summed E-state index contributed by atoms with van der Waals surface area (Å²) in [6.07, 6.45) is 0. The minimum Gasteiger partial charge on any atom is -0.292 e. The summed E-state index contributed by atoms with van der Waals surface area (Å²) in [5.41, 5.74) is 0.372. The SMILES string of the molecule is N#CC(C(=O)c1cccc(Cl)c1F)c1ccccc1. The fourth-order valence-corrected chi connectivity index (χ4v) is 1.95. The van der Waals surface area contributed by atoms with E-state index in [-0.39, 0.29) is 10.6 Å². The minimum atomic E-state index is -1.03. The van der Waals surface area contributed by atoms with Crippen LogP contribution in [0.2, 0.25) is 5.02 Å². The number of nitriles is 1.